The summed E-state index contributed by atoms with van der Waals surface area (Å²) < 4.78 is 0. The van der Waals surface area contributed by atoms with Gasteiger partial charge in [0.05, 0.1) is 0 Å². The Bertz CT molecular complexity index is 95.1. The molecule has 0 bridgehead atoms. The predicted octanol–water partition coefficient (Wildman–Crippen LogP) is 1.30. The number of carbonyl (C=O) groups excluding carboxylic acids is 1. The summed E-state index contributed by atoms with van der Waals surface area (Å²) in [5, 5.41) is 0. The first-order valence-electron chi connectivity index (χ1n) is 2.39. The van der Waals surface area contributed by atoms with E-state index in [0.29, 0.717) is 0 Å². The molecule has 0 aromatic heterocycles. The van der Waals surface area contributed by atoms with Gasteiger partial charge in [-0.15, -0.1) is 0 Å². The number of carbonyl (C=O) groups is 1. The van der Waals surface area contributed by atoms with E-state index in [1.54, 1.807) is 20.8 Å². The Kier molecular flexibility index (Phi) is 2.28. The minimum atomic E-state index is -0.373. The summed E-state index contributed by atoms with van der Waals surface area (Å²) in [4.78, 5) is 12.6. The largest absolute Gasteiger partial charge is 0.273 e. The van der Waals surface area contributed by atoms with Crippen molar-refractivity contribution in [3.8, 4) is 0 Å². The standard InChI is InChI=1S/C5H10ClNO/c1-5(2,3)4(8)7-6/h1-3H3,(H,7,8). The van der Waals surface area contributed by atoms with E-state index in [0.717, 1.165) is 0 Å². The average molecular weight is 136 g/mol. The normalized spacial score (nSPS) is 11.0. The van der Waals surface area contributed by atoms with Crippen LogP contribution >= 0.6 is 11.8 Å². The summed E-state index contributed by atoms with van der Waals surface area (Å²) >= 11 is 5.04. The molecule has 0 aliphatic carbocycles. The van der Waals surface area contributed by atoms with Crippen LogP contribution in [-0.4, -0.2) is 5.91 Å². The summed E-state index contributed by atoms with van der Waals surface area (Å²) in [6.45, 7) is 5.39. The summed E-state index contributed by atoms with van der Waals surface area (Å²) in [5.41, 5.74) is -0.373. The molecule has 0 fully saturated rings. The second kappa shape index (κ2) is 2.35. The van der Waals surface area contributed by atoms with Gasteiger partial charge in [0.25, 0.3) is 0 Å². The van der Waals surface area contributed by atoms with Gasteiger partial charge in [0, 0.05) is 17.2 Å². The van der Waals surface area contributed by atoms with Crippen LogP contribution in [-0.2, 0) is 4.79 Å². The van der Waals surface area contributed by atoms with Crippen LogP contribution in [0.3, 0.4) is 0 Å². The maximum atomic E-state index is 10.6. The topological polar surface area (TPSA) is 29.1 Å². The van der Waals surface area contributed by atoms with E-state index in [2.05, 4.69) is 0 Å². The van der Waals surface area contributed by atoms with E-state index >= 15 is 0 Å². The molecule has 0 aliphatic heterocycles. The average Bonchev–Trinajstić information content (AvgIpc) is 1.62. The van der Waals surface area contributed by atoms with Crippen molar-refractivity contribution in [2.24, 2.45) is 5.41 Å². The van der Waals surface area contributed by atoms with Crippen molar-refractivity contribution in [2.45, 2.75) is 20.8 Å². The Morgan fingerprint density at radius 3 is 1.88 bits per heavy atom. The zero-order chi connectivity index (χ0) is 6.78. The molecule has 0 saturated heterocycles. The minimum Gasteiger partial charge on any atom is -0.273 e. The van der Waals surface area contributed by atoms with Gasteiger partial charge in [0.2, 0.25) is 5.91 Å². The summed E-state index contributed by atoms with van der Waals surface area (Å²) in [5.74, 6) is -0.154. The fraction of sp³-hybridized carbons (Fsp3) is 0.800. The third-order valence-electron chi connectivity index (χ3n) is 0.767. The highest BCUT2D eigenvalue weighted by molar-refractivity contribution is 6.21. The van der Waals surface area contributed by atoms with Crippen molar-refractivity contribution >= 4 is 17.7 Å². The highest BCUT2D eigenvalue weighted by Gasteiger charge is 2.19. The predicted molar refractivity (Wildman–Crippen MR) is 33.5 cm³/mol. The molecule has 2 nitrogen and oxygen atoms in total. The lowest BCUT2D eigenvalue weighted by atomic mass is 9.96. The van der Waals surface area contributed by atoms with E-state index in [-0.39, 0.29) is 11.3 Å². The van der Waals surface area contributed by atoms with E-state index in [1.165, 1.54) is 0 Å². The number of amides is 1. The maximum absolute atomic E-state index is 10.6. The van der Waals surface area contributed by atoms with Gasteiger partial charge < -0.3 is 0 Å². The minimum absolute atomic E-state index is 0.154. The smallest absolute Gasteiger partial charge is 0.239 e. The lowest BCUT2D eigenvalue weighted by Gasteiger charge is -2.13. The molecule has 0 radical (unpaired) electrons. The van der Waals surface area contributed by atoms with Crippen LogP contribution in [0.25, 0.3) is 0 Å². The van der Waals surface area contributed by atoms with Gasteiger partial charge >= 0.3 is 0 Å². The molecule has 0 heterocycles. The lowest BCUT2D eigenvalue weighted by Crippen LogP contribution is -2.28. The molecule has 0 aliphatic rings. The highest BCUT2D eigenvalue weighted by Crippen LogP contribution is 2.12. The van der Waals surface area contributed by atoms with Crippen LogP contribution in [0.15, 0.2) is 0 Å². The molecule has 0 aromatic carbocycles. The van der Waals surface area contributed by atoms with Crippen molar-refractivity contribution in [2.75, 3.05) is 0 Å². The Balaban J connectivity index is 3.82. The third-order valence-corrected chi connectivity index (χ3v) is 0.939. The van der Waals surface area contributed by atoms with Crippen LogP contribution in [0.4, 0.5) is 0 Å². The van der Waals surface area contributed by atoms with Gasteiger partial charge in [-0.25, -0.2) is 0 Å². The van der Waals surface area contributed by atoms with Gasteiger partial charge in [-0.3, -0.25) is 9.63 Å². The second-order valence-corrected chi connectivity index (χ2v) is 2.86. The van der Waals surface area contributed by atoms with Crippen molar-refractivity contribution < 1.29 is 4.79 Å². The fourth-order valence-corrected chi connectivity index (χ4v) is 0.425. The van der Waals surface area contributed by atoms with Gasteiger partial charge in [-0.2, -0.15) is 0 Å². The molecule has 3 heteroatoms. The van der Waals surface area contributed by atoms with Gasteiger partial charge in [-0.05, 0) is 0 Å². The quantitative estimate of drug-likeness (QED) is 0.499. The zero-order valence-electron chi connectivity index (χ0n) is 5.29. The first-order chi connectivity index (χ1) is 3.48. The van der Waals surface area contributed by atoms with E-state index in [9.17, 15) is 4.79 Å². The molecule has 48 valence electrons. The second-order valence-electron chi connectivity index (χ2n) is 2.67. The summed E-state index contributed by atoms with van der Waals surface area (Å²) in [6, 6.07) is 0. The third kappa shape index (κ3) is 2.17. The van der Waals surface area contributed by atoms with Crippen LogP contribution < -0.4 is 4.84 Å². The maximum Gasteiger partial charge on any atom is 0.239 e. The SMILES string of the molecule is CC(C)(C)C(=O)NCl. The molecule has 0 spiro atoms. The van der Waals surface area contributed by atoms with Crippen LogP contribution in [0, 0.1) is 5.41 Å². The van der Waals surface area contributed by atoms with E-state index < -0.39 is 0 Å². The molecule has 0 saturated carbocycles. The van der Waals surface area contributed by atoms with E-state index in [4.69, 9.17) is 11.8 Å². The van der Waals surface area contributed by atoms with Gasteiger partial charge in [0.1, 0.15) is 0 Å². The number of rotatable bonds is 0. The fourth-order valence-electron chi connectivity index (χ4n) is 0.142. The molecule has 8 heavy (non-hydrogen) atoms. The molecule has 1 amide bonds. The van der Waals surface area contributed by atoms with Crippen molar-refractivity contribution in [3.05, 3.63) is 0 Å². The Morgan fingerprint density at radius 2 is 1.88 bits per heavy atom. The van der Waals surface area contributed by atoms with Crippen LogP contribution in [0.5, 0.6) is 0 Å². The van der Waals surface area contributed by atoms with E-state index in [1.807, 2.05) is 4.84 Å². The Hall–Kier alpha value is -0.240. The molecular formula is C5H10ClNO. The van der Waals surface area contributed by atoms with Gasteiger partial charge in [-0.1, -0.05) is 20.8 Å². The van der Waals surface area contributed by atoms with Crippen LogP contribution in [0.1, 0.15) is 20.8 Å². The number of hydrogen-bond donors (Lipinski definition) is 1. The summed E-state index contributed by atoms with van der Waals surface area (Å²) in [7, 11) is 0. The molecule has 0 unspecified atom stereocenters. The van der Waals surface area contributed by atoms with Gasteiger partial charge in [0.15, 0.2) is 0 Å². The molecule has 0 rings (SSSR count). The molecular weight excluding hydrogens is 126 g/mol. The van der Waals surface area contributed by atoms with Crippen molar-refractivity contribution in [3.63, 3.8) is 0 Å². The molecule has 0 aromatic rings. The first kappa shape index (κ1) is 7.76. The van der Waals surface area contributed by atoms with Crippen LogP contribution in [0.2, 0.25) is 0 Å². The zero-order valence-corrected chi connectivity index (χ0v) is 6.04. The monoisotopic (exact) mass is 135 g/mol. The van der Waals surface area contributed by atoms with Crippen molar-refractivity contribution in [1.29, 1.82) is 0 Å². The molecule has 0 atom stereocenters. The van der Waals surface area contributed by atoms with Crippen molar-refractivity contribution in [1.82, 2.24) is 4.84 Å². The highest BCUT2D eigenvalue weighted by atomic mass is 35.5. The Morgan fingerprint density at radius 1 is 1.50 bits per heavy atom. The first-order valence-corrected chi connectivity index (χ1v) is 2.77. The molecule has 1 N–H and O–H groups in total. The number of nitrogens with one attached hydrogen (secondary N) is 1. The Labute approximate surface area is 54.3 Å². The number of hydrogen-bond acceptors (Lipinski definition) is 1. The number of halogens is 1. The summed E-state index contributed by atoms with van der Waals surface area (Å²) in [6.07, 6.45) is 0. The lowest BCUT2D eigenvalue weighted by molar-refractivity contribution is -0.126.